The topological polar surface area (TPSA) is 32.3 Å². The van der Waals surface area contributed by atoms with E-state index in [-0.39, 0.29) is 0 Å². The minimum Gasteiger partial charge on any atom is -0.334 e. The van der Waals surface area contributed by atoms with Gasteiger partial charge in [0.1, 0.15) is 0 Å². The van der Waals surface area contributed by atoms with Gasteiger partial charge in [0.05, 0.1) is 0 Å². The smallest absolute Gasteiger partial charge is 0.226 e. The number of piperazine rings is 1. The van der Waals surface area contributed by atoms with E-state index in [4.69, 9.17) is 0 Å². The summed E-state index contributed by atoms with van der Waals surface area (Å²) in [5.41, 5.74) is 0. The molecular weight excluding hydrogens is 164 g/mol. The number of amides is 1. The fourth-order valence-corrected chi connectivity index (χ4v) is 2.11. The molecule has 1 amide bonds. The van der Waals surface area contributed by atoms with E-state index in [0.717, 1.165) is 25.9 Å². The second kappa shape index (κ2) is 3.29. The highest BCUT2D eigenvalue weighted by molar-refractivity contribution is 5.81. The Kier molecular flexibility index (Phi) is 2.28. The van der Waals surface area contributed by atoms with Gasteiger partial charge < -0.3 is 10.2 Å². The lowest BCUT2D eigenvalue weighted by atomic mass is 10.1. The molecule has 1 saturated heterocycles. The van der Waals surface area contributed by atoms with Crippen molar-refractivity contribution >= 4 is 5.91 Å². The molecule has 13 heavy (non-hydrogen) atoms. The Bertz CT molecular complexity index is 203. The number of nitrogens with zero attached hydrogens (tertiary/aromatic N) is 1. The zero-order chi connectivity index (χ0) is 9.42. The second-order valence-corrected chi connectivity index (χ2v) is 4.38. The first-order chi connectivity index (χ1) is 6.20. The van der Waals surface area contributed by atoms with Crippen molar-refractivity contribution in [2.24, 2.45) is 5.92 Å². The fraction of sp³-hybridized carbons (Fsp3) is 0.900. The van der Waals surface area contributed by atoms with Gasteiger partial charge in [-0.15, -0.1) is 0 Å². The number of rotatable bonds is 1. The lowest BCUT2D eigenvalue weighted by Gasteiger charge is -2.39. The third-order valence-corrected chi connectivity index (χ3v) is 3.01. The van der Waals surface area contributed by atoms with Gasteiger partial charge >= 0.3 is 0 Å². The quantitative estimate of drug-likeness (QED) is 0.644. The molecule has 0 aromatic heterocycles. The van der Waals surface area contributed by atoms with Crippen LogP contribution in [0.15, 0.2) is 0 Å². The Morgan fingerprint density at radius 3 is 2.23 bits per heavy atom. The minimum absolute atomic E-state index is 0.364. The number of hydrogen-bond acceptors (Lipinski definition) is 2. The van der Waals surface area contributed by atoms with Crippen LogP contribution in [0.2, 0.25) is 0 Å². The highest BCUT2D eigenvalue weighted by atomic mass is 16.2. The van der Waals surface area contributed by atoms with Crippen LogP contribution in [0.1, 0.15) is 26.7 Å². The maximum absolute atomic E-state index is 11.9. The Labute approximate surface area is 79.5 Å². The zero-order valence-electron chi connectivity index (χ0n) is 8.42. The summed E-state index contributed by atoms with van der Waals surface area (Å²) in [6, 6.07) is 0.744. The summed E-state index contributed by atoms with van der Waals surface area (Å²) in [7, 11) is 0. The van der Waals surface area contributed by atoms with E-state index >= 15 is 0 Å². The lowest BCUT2D eigenvalue weighted by Crippen LogP contribution is -2.57. The predicted molar refractivity (Wildman–Crippen MR) is 51.4 cm³/mol. The van der Waals surface area contributed by atoms with Crippen molar-refractivity contribution in [2.45, 2.75) is 38.8 Å². The Balaban J connectivity index is 2.03. The van der Waals surface area contributed by atoms with Crippen LogP contribution in [0.4, 0.5) is 0 Å². The van der Waals surface area contributed by atoms with Crippen molar-refractivity contribution in [3.8, 4) is 0 Å². The molecule has 0 spiro atoms. The van der Waals surface area contributed by atoms with E-state index in [0.29, 0.717) is 23.9 Å². The monoisotopic (exact) mass is 182 g/mol. The van der Waals surface area contributed by atoms with Gasteiger partial charge in [0.15, 0.2) is 0 Å². The van der Waals surface area contributed by atoms with Crippen LogP contribution in [0.5, 0.6) is 0 Å². The molecule has 2 rings (SSSR count). The number of hydrogen-bond donors (Lipinski definition) is 1. The van der Waals surface area contributed by atoms with Crippen molar-refractivity contribution in [1.29, 1.82) is 0 Å². The molecule has 1 heterocycles. The van der Waals surface area contributed by atoms with Crippen molar-refractivity contribution in [3.63, 3.8) is 0 Å². The molecule has 0 aromatic rings. The van der Waals surface area contributed by atoms with E-state index < -0.39 is 0 Å². The average Bonchev–Trinajstić information content (AvgIpc) is 2.85. The Morgan fingerprint density at radius 1 is 1.23 bits per heavy atom. The van der Waals surface area contributed by atoms with Crippen molar-refractivity contribution < 1.29 is 4.79 Å². The SMILES string of the molecule is CC1CNCC(C)N1C(=O)C1CC1. The summed E-state index contributed by atoms with van der Waals surface area (Å²) in [5.74, 6) is 0.754. The number of carbonyl (C=O) groups excluding carboxylic acids is 1. The maximum atomic E-state index is 11.9. The summed E-state index contributed by atoms with van der Waals surface area (Å²) in [5, 5.41) is 3.33. The van der Waals surface area contributed by atoms with Gasteiger partial charge in [-0.1, -0.05) is 0 Å². The van der Waals surface area contributed by atoms with Crippen LogP contribution in [-0.4, -0.2) is 36.0 Å². The Hall–Kier alpha value is -0.570. The first kappa shape index (κ1) is 9.00. The molecule has 1 aliphatic heterocycles. The Morgan fingerprint density at radius 2 is 1.77 bits per heavy atom. The van der Waals surface area contributed by atoms with E-state index in [1.54, 1.807) is 0 Å². The van der Waals surface area contributed by atoms with Gasteiger partial charge in [-0.25, -0.2) is 0 Å². The predicted octanol–water partition coefficient (Wildman–Crippen LogP) is 0.605. The fourth-order valence-electron chi connectivity index (χ4n) is 2.11. The highest BCUT2D eigenvalue weighted by Crippen LogP contribution is 2.32. The molecule has 74 valence electrons. The van der Waals surface area contributed by atoms with Crippen LogP contribution < -0.4 is 5.32 Å². The average molecular weight is 182 g/mol. The molecule has 0 bridgehead atoms. The summed E-state index contributed by atoms with van der Waals surface area (Å²) in [6.07, 6.45) is 2.23. The number of nitrogens with one attached hydrogen (secondary N) is 1. The molecule has 2 aliphatic rings. The molecule has 3 heteroatoms. The zero-order valence-corrected chi connectivity index (χ0v) is 8.42. The van der Waals surface area contributed by atoms with E-state index in [1.165, 1.54) is 0 Å². The van der Waals surface area contributed by atoms with Crippen molar-refractivity contribution in [3.05, 3.63) is 0 Å². The van der Waals surface area contributed by atoms with Crippen LogP contribution in [-0.2, 0) is 4.79 Å². The van der Waals surface area contributed by atoms with E-state index in [9.17, 15) is 4.79 Å². The van der Waals surface area contributed by atoms with Gasteiger partial charge in [-0.05, 0) is 26.7 Å². The maximum Gasteiger partial charge on any atom is 0.226 e. The van der Waals surface area contributed by atoms with Crippen molar-refractivity contribution in [2.75, 3.05) is 13.1 Å². The van der Waals surface area contributed by atoms with Gasteiger partial charge in [0, 0.05) is 31.1 Å². The van der Waals surface area contributed by atoms with E-state index in [2.05, 4.69) is 24.1 Å². The number of carbonyl (C=O) groups is 1. The van der Waals surface area contributed by atoms with Crippen LogP contribution >= 0.6 is 0 Å². The molecule has 2 atom stereocenters. The summed E-state index contributed by atoms with van der Waals surface area (Å²) in [6.45, 7) is 6.15. The molecule has 1 aliphatic carbocycles. The van der Waals surface area contributed by atoms with Crippen LogP contribution in [0, 0.1) is 5.92 Å². The summed E-state index contributed by atoms with van der Waals surface area (Å²) in [4.78, 5) is 14.0. The van der Waals surface area contributed by atoms with Crippen LogP contribution in [0.3, 0.4) is 0 Å². The summed E-state index contributed by atoms with van der Waals surface area (Å²) >= 11 is 0. The van der Waals surface area contributed by atoms with Gasteiger partial charge in [0.2, 0.25) is 5.91 Å². The normalized spacial score (nSPS) is 34.8. The molecule has 2 unspecified atom stereocenters. The molecule has 0 radical (unpaired) electrons. The second-order valence-electron chi connectivity index (χ2n) is 4.38. The van der Waals surface area contributed by atoms with Gasteiger partial charge in [-0.2, -0.15) is 0 Å². The molecule has 0 aromatic carbocycles. The van der Waals surface area contributed by atoms with Gasteiger partial charge in [0.25, 0.3) is 0 Å². The first-order valence-corrected chi connectivity index (χ1v) is 5.23. The molecule has 1 saturated carbocycles. The lowest BCUT2D eigenvalue weighted by molar-refractivity contribution is -0.138. The van der Waals surface area contributed by atoms with Crippen LogP contribution in [0.25, 0.3) is 0 Å². The van der Waals surface area contributed by atoms with Gasteiger partial charge in [-0.3, -0.25) is 4.79 Å². The van der Waals surface area contributed by atoms with E-state index in [1.807, 2.05) is 0 Å². The molecule has 1 N–H and O–H groups in total. The third-order valence-electron chi connectivity index (χ3n) is 3.01. The third kappa shape index (κ3) is 1.70. The largest absolute Gasteiger partial charge is 0.334 e. The molecular formula is C10H18N2O. The minimum atomic E-state index is 0.364. The van der Waals surface area contributed by atoms with Crippen molar-refractivity contribution in [1.82, 2.24) is 10.2 Å². The standard InChI is InChI=1S/C10H18N2O/c1-7-5-11-6-8(2)12(7)10(13)9-3-4-9/h7-9,11H,3-6H2,1-2H3. The highest BCUT2D eigenvalue weighted by Gasteiger charge is 2.38. The first-order valence-electron chi connectivity index (χ1n) is 5.23. The molecule has 3 nitrogen and oxygen atoms in total. The molecule has 2 fully saturated rings. The summed E-state index contributed by atoms with van der Waals surface area (Å²) < 4.78 is 0.